The van der Waals surface area contributed by atoms with Crippen LogP contribution in [0.3, 0.4) is 0 Å². The number of nitrogens with zero attached hydrogens (tertiary/aromatic N) is 4. The van der Waals surface area contributed by atoms with Gasteiger partial charge in [0.15, 0.2) is 0 Å². The van der Waals surface area contributed by atoms with Crippen LogP contribution < -0.4 is 51.4 Å². The van der Waals surface area contributed by atoms with Crippen LogP contribution in [0.4, 0.5) is 0 Å². The van der Waals surface area contributed by atoms with Gasteiger partial charge in [-0.25, -0.2) is 0 Å². The molecule has 0 unspecified atom stereocenters. The fraction of sp³-hybridized carbons (Fsp3) is 0. The molecule has 80 valence electrons. The predicted octanol–water partition coefficient (Wildman–Crippen LogP) is -2.00. The van der Waals surface area contributed by atoms with E-state index in [2.05, 4.69) is 0 Å². The van der Waals surface area contributed by atoms with Gasteiger partial charge in [-0.05, 0) is 0 Å². The summed E-state index contributed by atoms with van der Waals surface area (Å²) in [6.45, 7) is 0. The molecule has 0 atom stereocenters. The van der Waals surface area contributed by atoms with Gasteiger partial charge in [0.05, 0.1) is 0 Å². The Balaban J connectivity index is -0.0000000145. The van der Waals surface area contributed by atoms with Crippen molar-refractivity contribution in [2.75, 3.05) is 0 Å². The maximum Gasteiger partial charge on any atom is 3.00 e. The zero-order valence-electron chi connectivity index (χ0n) is 6.36. The monoisotopic (exact) mass is 420 g/mol. The number of rotatable bonds is 0. The maximum atomic E-state index is 8.00. The van der Waals surface area contributed by atoms with E-state index in [-0.39, 0.29) is 73.8 Å². The van der Waals surface area contributed by atoms with E-state index in [1.54, 1.807) is 0 Å². The van der Waals surface area contributed by atoms with Gasteiger partial charge in [0.1, 0.15) is 0 Å². The van der Waals surface area contributed by atoms with Crippen LogP contribution >= 0.6 is 0 Å². The first-order chi connectivity index (χ1) is 5.66. The van der Waals surface area contributed by atoms with Gasteiger partial charge < -0.3 is 40.5 Å². The third kappa shape index (κ3) is 2640000. The summed E-state index contributed by atoms with van der Waals surface area (Å²) < 4.78 is 0. The minimum atomic E-state index is 0. The van der Waals surface area contributed by atoms with Crippen LogP contribution in [0.25, 0.3) is 0 Å². The van der Waals surface area contributed by atoms with E-state index >= 15 is 0 Å². The molecule has 0 bridgehead atoms. The number of hydrogen-bond acceptors (Lipinski definition) is 12. The summed E-state index contributed by atoms with van der Waals surface area (Å²) in [7, 11) is 0. The first kappa shape index (κ1) is 37.0. The molecule has 0 aliphatic rings. The van der Waals surface area contributed by atoms with Crippen molar-refractivity contribution >= 4 is 0 Å². The van der Waals surface area contributed by atoms with Gasteiger partial charge in [0, 0.05) is 0 Å². The Labute approximate surface area is 134 Å². The summed E-state index contributed by atoms with van der Waals surface area (Å²) in [6, 6.07) is 0. The summed E-state index contributed by atoms with van der Waals surface area (Å²) in [5, 5.41) is 36.0. The SMILES string of the molecule is O=N[O-].O=N[O-].O=N[O-].O=N[O-].[Au+3].[K+]. The van der Waals surface area contributed by atoms with Gasteiger partial charge in [-0.2, -0.15) is 0 Å². The second-order valence-corrected chi connectivity index (χ2v) is 0.298. The zero-order chi connectivity index (χ0) is 10.8. The molecule has 0 aromatic carbocycles. The first-order valence-corrected chi connectivity index (χ1v) is 1.46. The van der Waals surface area contributed by atoms with Gasteiger partial charge in [-0.15, -0.1) is 21.4 Å². The normalized spacial score (nSPS) is 3.43. The van der Waals surface area contributed by atoms with E-state index in [0.29, 0.717) is 0 Å². The second kappa shape index (κ2) is 118. The maximum absolute atomic E-state index is 8.00. The van der Waals surface area contributed by atoms with Crippen molar-refractivity contribution in [2.45, 2.75) is 0 Å². The Hall–Kier alpha value is -0.0234. The van der Waals surface area contributed by atoms with E-state index < -0.39 is 0 Å². The van der Waals surface area contributed by atoms with Crippen LogP contribution in [0.5, 0.6) is 0 Å². The molecule has 12 nitrogen and oxygen atoms in total. The molecule has 0 aliphatic heterocycles. The molecule has 0 aromatic heterocycles. The van der Waals surface area contributed by atoms with E-state index in [0.717, 1.165) is 21.4 Å². The van der Waals surface area contributed by atoms with Crippen LogP contribution in [0.2, 0.25) is 0 Å². The molecular formula is AuKN4O8. The molecule has 0 amide bonds. The minimum absolute atomic E-state index is 0. The summed E-state index contributed by atoms with van der Waals surface area (Å²) in [4.78, 5) is 32.0. The van der Waals surface area contributed by atoms with Crippen molar-refractivity contribution in [3.8, 4) is 0 Å². The van der Waals surface area contributed by atoms with Crippen molar-refractivity contribution in [3.63, 3.8) is 0 Å². The molecular weight excluding hydrogens is 420 g/mol. The molecule has 0 aromatic rings. The van der Waals surface area contributed by atoms with E-state index in [1.165, 1.54) is 0 Å². The molecule has 0 radical (unpaired) electrons. The van der Waals surface area contributed by atoms with Crippen LogP contribution in [0.1, 0.15) is 0 Å². The minimum Gasteiger partial charge on any atom is -0.444 e. The average molecular weight is 420 g/mol. The largest absolute Gasteiger partial charge is 3.00 e. The standard InChI is InChI=1S/Au.K.4HNO2/c;;4*2-1-3/h;;4*(H,2,3)/q+3;+1;;;;/p-4. The number of hydrogen-bond donors (Lipinski definition) is 0. The topological polar surface area (TPSA) is 210 Å². The fourth-order valence-electron chi connectivity index (χ4n) is 0. The fourth-order valence-corrected chi connectivity index (χ4v) is 0. The summed E-state index contributed by atoms with van der Waals surface area (Å²) in [5.74, 6) is 0. The molecule has 0 heterocycles. The van der Waals surface area contributed by atoms with Gasteiger partial charge in [0.2, 0.25) is 0 Å². The van der Waals surface area contributed by atoms with Crippen molar-refractivity contribution in [3.05, 3.63) is 40.5 Å². The third-order valence-corrected chi connectivity index (χ3v) is 0. The van der Waals surface area contributed by atoms with Gasteiger partial charge in [-0.3, -0.25) is 0 Å². The van der Waals surface area contributed by atoms with Crippen molar-refractivity contribution in [2.24, 2.45) is 21.4 Å². The molecule has 0 N–H and O–H groups in total. The zero-order valence-corrected chi connectivity index (χ0v) is 11.6. The Morgan fingerprint density at radius 1 is 0.571 bits per heavy atom. The molecule has 0 aliphatic carbocycles. The second-order valence-electron chi connectivity index (χ2n) is 0.298. The van der Waals surface area contributed by atoms with Crippen molar-refractivity contribution < 1.29 is 73.8 Å². The summed E-state index contributed by atoms with van der Waals surface area (Å²) >= 11 is 0. The van der Waals surface area contributed by atoms with Gasteiger partial charge >= 0.3 is 73.8 Å². The Kier molecular flexibility index (Phi) is 311. The summed E-state index contributed by atoms with van der Waals surface area (Å²) in [5.41, 5.74) is 0. The quantitative estimate of drug-likeness (QED) is 0.242. The van der Waals surface area contributed by atoms with Crippen LogP contribution in [-0.2, 0) is 22.4 Å². The molecule has 14 heavy (non-hydrogen) atoms. The van der Waals surface area contributed by atoms with Crippen molar-refractivity contribution in [1.29, 1.82) is 0 Å². The Morgan fingerprint density at radius 2 is 0.571 bits per heavy atom. The molecule has 0 fully saturated rings. The molecule has 0 saturated carbocycles. The summed E-state index contributed by atoms with van der Waals surface area (Å²) in [6.07, 6.45) is 0. The van der Waals surface area contributed by atoms with Gasteiger partial charge in [0.25, 0.3) is 0 Å². The van der Waals surface area contributed by atoms with Gasteiger partial charge in [-0.1, -0.05) is 0 Å². The van der Waals surface area contributed by atoms with Crippen LogP contribution in [0.15, 0.2) is 21.4 Å². The first-order valence-electron chi connectivity index (χ1n) is 1.46. The molecule has 0 rings (SSSR count). The molecule has 0 saturated heterocycles. The molecule has 14 heteroatoms. The van der Waals surface area contributed by atoms with Crippen LogP contribution in [-0.4, -0.2) is 0 Å². The third-order valence-electron chi connectivity index (χ3n) is 0. The van der Waals surface area contributed by atoms with E-state index in [4.69, 9.17) is 40.5 Å². The predicted molar refractivity (Wildman–Crippen MR) is 36.6 cm³/mol. The van der Waals surface area contributed by atoms with E-state index in [9.17, 15) is 0 Å². The molecule has 0 spiro atoms. The van der Waals surface area contributed by atoms with Crippen molar-refractivity contribution in [1.82, 2.24) is 0 Å². The van der Waals surface area contributed by atoms with Crippen LogP contribution in [0, 0.1) is 40.5 Å². The average Bonchev–Trinajstić information content (AvgIpc) is 1.92. The Bertz CT molecular complexity index is 75.3. The Morgan fingerprint density at radius 3 is 0.571 bits per heavy atom. The smallest absolute Gasteiger partial charge is 0.444 e. The van der Waals surface area contributed by atoms with E-state index in [1.807, 2.05) is 0 Å².